The Kier molecular flexibility index (Phi) is 7.40. The summed E-state index contributed by atoms with van der Waals surface area (Å²) in [5.41, 5.74) is 2.31. The monoisotopic (exact) mass is 409 g/mol. The molecule has 2 aromatic carbocycles. The van der Waals surface area contributed by atoms with Gasteiger partial charge >= 0.3 is 0 Å². The molecule has 0 unspecified atom stereocenters. The molecule has 0 saturated carbocycles. The molecular weight excluding hydrogens is 386 g/mol. The molecule has 0 aliphatic rings. The molecule has 0 aliphatic carbocycles. The maximum atomic E-state index is 5.36. The van der Waals surface area contributed by atoms with Crippen molar-refractivity contribution in [3.63, 3.8) is 0 Å². The van der Waals surface area contributed by atoms with E-state index in [2.05, 4.69) is 27.3 Å². The van der Waals surface area contributed by atoms with Gasteiger partial charge in [-0.2, -0.15) is 0 Å². The number of hydrogen-bond donors (Lipinski definition) is 1. The van der Waals surface area contributed by atoms with Gasteiger partial charge in [0.2, 0.25) is 0 Å². The molecule has 1 N–H and O–H groups in total. The third-order valence-corrected chi connectivity index (χ3v) is 4.64. The Morgan fingerprint density at radius 2 is 1.40 bits per heavy atom. The van der Waals surface area contributed by atoms with Crippen LogP contribution in [0, 0.1) is 0 Å². The van der Waals surface area contributed by atoms with Crippen LogP contribution in [0.5, 0.6) is 23.0 Å². The maximum absolute atomic E-state index is 5.36. The van der Waals surface area contributed by atoms with Crippen molar-refractivity contribution in [2.75, 3.05) is 35.0 Å². The first-order valence-electron chi connectivity index (χ1n) is 7.95. The fourth-order valence-electron chi connectivity index (χ4n) is 2.52. The Balaban J connectivity index is 1.93. The number of ether oxygens (including phenoxy) is 4. The Bertz CT molecular complexity index is 706. The van der Waals surface area contributed by atoms with Gasteiger partial charge in [-0.25, -0.2) is 0 Å². The van der Waals surface area contributed by atoms with Crippen molar-refractivity contribution in [3.05, 3.63) is 45.9 Å². The van der Waals surface area contributed by atoms with Gasteiger partial charge in [-0.3, -0.25) is 0 Å². The minimum Gasteiger partial charge on any atom is -0.493 e. The van der Waals surface area contributed by atoms with Crippen molar-refractivity contribution in [1.29, 1.82) is 0 Å². The van der Waals surface area contributed by atoms with Gasteiger partial charge in [-0.05, 0) is 48.4 Å². The van der Waals surface area contributed by atoms with Crippen LogP contribution in [0.25, 0.3) is 0 Å². The third kappa shape index (κ3) is 5.03. The Morgan fingerprint density at radius 3 is 2.04 bits per heavy atom. The van der Waals surface area contributed by atoms with E-state index in [1.165, 1.54) is 5.56 Å². The van der Waals surface area contributed by atoms with Gasteiger partial charge in [0, 0.05) is 11.0 Å². The highest BCUT2D eigenvalue weighted by atomic mass is 79.9. The minimum atomic E-state index is 0.712. The van der Waals surface area contributed by atoms with E-state index < -0.39 is 0 Å². The van der Waals surface area contributed by atoms with Crippen molar-refractivity contribution in [2.45, 2.75) is 13.0 Å². The second-order valence-corrected chi connectivity index (χ2v) is 6.27. The van der Waals surface area contributed by atoms with E-state index in [-0.39, 0.29) is 0 Å². The summed E-state index contributed by atoms with van der Waals surface area (Å²) in [6, 6.07) is 9.89. The Hall–Kier alpha value is -1.92. The zero-order chi connectivity index (χ0) is 18.2. The fourth-order valence-corrected chi connectivity index (χ4v) is 2.99. The molecule has 25 heavy (non-hydrogen) atoms. The van der Waals surface area contributed by atoms with Crippen LogP contribution in [-0.2, 0) is 13.0 Å². The number of rotatable bonds is 9. The van der Waals surface area contributed by atoms with Gasteiger partial charge in [0.1, 0.15) is 0 Å². The van der Waals surface area contributed by atoms with Crippen molar-refractivity contribution in [2.24, 2.45) is 0 Å². The van der Waals surface area contributed by atoms with Gasteiger partial charge in [0.05, 0.1) is 28.4 Å². The van der Waals surface area contributed by atoms with Crippen molar-refractivity contribution >= 4 is 15.9 Å². The second-order valence-electron chi connectivity index (χ2n) is 5.41. The van der Waals surface area contributed by atoms with Gasteiger partial charge < -0.3 is 24.3 Å². The first kappa shape index (κ1) is 19.4. The Labute approximate surface area is 157 Å². The van der Waals surface area contributed by atoms with Crippen LogP contribution >= 0.6 is 15.9 Å². The molecule has 2 rings (SSSR count). The largest absolute Gasteiger partial charge is 0.493 e. The summed E-state index contributed by atoms with van der Waals surface area (Å²) in [5, 5.41) is 3.45. The summed E-state index contributed by atoms with van der Waals surface area (Å²) in [7, 11) is 6.56. The molecule has 0 heterocycles. The highest BCUT2D eigenvalue weighted by Crippen LogP contribution is 2.33. The molecule has 0 aliphatic heterocycles. The van der Waals surface area contributed by atoms with E-state index in [9.17, 15) is 0 Å². The quantitative estimate of drug-likeness (QED) is 0.637. The average molecular weight is 410 g/mol. The van der Waals surface area contributed by atoms with Gasteiger partial charge in [0.15, 0.2) is 23.0 Å². The molecule has 2 aromatic rings. The van der Waals surface area contributed by atoms with E-state index in [4.69, 9.17) is 18.9 Å². The lowest BCUT2D eigenvalue weighted by molar-refractivity contribution is 0.354. The molecule has 0 spiro atoms. The number of benzene rings is 2. The van der Waals surface area contributed by atoms with Crippen LogP contribution < -0.4 is 24.3 Å². The molecule has 0 amide bonds. The average Bonchev–Trinajstić information content (AvgIpc) is 2.65. The predicted molar refractivity (Wildman–Crippen MR) is 102 cm³/mol. The smallest absolute Gasteiger partial charge is 0.161 e. The zero-order valence-electron chi connectivity index (χ0n) is 15.0. The first-order valence-corrected chi connectivity index (χ1v) is 8.74. The van der Waals surface area contributed by atoms with E-state index >= 15 is 0 Å². The zero-order valence-corrected chi connectivity index (χ0v) is 16.6. The molecule has 136 valence electrons. The molecule has 0 bridgehead atoms. The van der Waals surface area contributed by atoms with Crippen LogP contribution in [0.1, 0.15) is 11.1 Å². The molecule has 0 saturated heterocycles. The Morgan fingerprint density at radius 1 is 0.800 bits per heavy atom. The van der Waals surface area contributed by atoms with Crippen LogP contribution in [0.2, 0.25) is 0 Å². The molecule has 5 nitrogen and oxygen atoms in total. The van der Waals surface area contributed by atoms with Crippen LogP contribution in [0.15, 0.2) is 34.8 Å². The molecular formula is C19H24BrNO4. The molecule has 0 atom stereocenters. The predicted octanol–water partition coefficient (Wildman–Crippen LogP) is 3.82. The van der Waals surface area contributed by atoms with E-state index in [1.54, 1.807) is 28.4 Å². The van der Waals surface area contributed by atoms with Crippen molar-refractivity contribution < 1.29 is 18.9 Å². The molecule has 0 aromatic heterocycles. The van der Waals surface area contributed by atoms with Gasteiger partial charge in [-0.15, -0.1) is 0 Å². The third-order valence-electron chi connectivity index (χ3n) is 3.91. The first-order chi connectivity index (χ1) is 12.1. The molecule has 0 fully saturated rings. The summed E-state index contributed by atoms with van der Waals surface area (Å²) in [5.74, 6) is 2.93. The van der Waals surface area contributed by atoms with Gasteiger partial charge in [-0.1, -0.05) is 22.0 Å². The van der Waals surface area contributed by atoms with Crippen molar-refractivity contribution in [1.82, 2.24) is 5.32 Å². The summed E-state index contributed by atoms with van der Waals surface area (Å²) in [6.45, 7) is 1.57. The topological polar surface area (TPSA) is 49.0 Å². The second kappa shape index (κ2) is 9.53. The highest BCUT2D eigenvalue weighted by Gasteiger charge is 2.09. The lowest BCUT2D eigenvalue weighted by Crippen LogP contribution is -2.17. The van der Waals surface area contributed by atoms with E-state index in [0.29, 0.717) is 5.75 Å². The summed E-state index contributed by atoms with van der Waals surface area (Å²) in [4.78, 5) is 0. The van der Waals surface area contributed by atoms with Gasteiger partial charge in [0.25, 0.3) is 0 Å². The lowest BCUT2D eigenvalue weighted by Gasteiger charge is -2.13. The fraction of sp³-hybridized carbons (Fsp3) is 0.368. The maximum Gasteiger partial charge on any atom is 0.161 e. The van der Waals surface area contributed by atoms with Crippen LogP contribution in [0.4, 0.5) is 0 Å². The normalized spacial score (nSPS) is 10.4. The van der Waals surface area contributed by atoms with Crippen LogP contribution in [-0.4, -0.2) is 35.0 Å². The number of halogens is 1. The standard InChI is InChI=1S/C19H24BrNO4/c1-22-16-6-5-13(9-17(16)23-2)7-8-21-12-14-10-18(24-3)19(25-4)11-15(14)20/h5-6,9-11,21H,7-8,12H2,1-4H3. The lowest BCUT2D eigenvalue weighted by atomic mass is 10.1. The van der Waals surface area contributed by atoms with E-state index in [1.807, 2.05) is 24.3 Å². The SMILES string of the molecule is COc1ccc(CCNCc2cc(OC)c(OC)cc2Br)cc1OC. The summed E-state index contributed by atoms with van der Waals surface area (Å²) in [6.07, 6.45) is 0.894. The number of methoxy groups -OCH3 is 4. The number of hydrogen-bond acceptors (Lipinski definition) is 5. The van der Waals surface area contributed by atoms with E-state index in [0.717, 1.165) is 46.8 Å². The van der Waals surface area contributed by atoms with Crippen LogP contribution in [0.3, 0.4) is 0 Å². The number of nitrogens with one attached hydrogen (secondary N) is 1. The molecule has 0 radical (unpaired) electrons. The summed E-state index contributed by atoms with van der Waals surface area (Å²) >= 11 is 3.58. The summed E-state index contributed by atoms with van der Waals surface area (Å²) < 4.78 is 22.2. The highest BCUT2D eigenvalue weighted by molar-refractivity contribution is 9.10. The minimum absolute atomic E-state index is 0.712. The van der Waals surface area contributed by atoms with Crippen molar-refractivity contribution in [3.8, 4) is 23.0 Å². The molecule has 6 heteroatoms.